The molecule has 0 spiro atoms. The third-order valence-electron chi connectivity index (χ3n) is 5.33. The number of amides is 1. The molecule has 0 radical (unpaired) electrons. The zero-order valence-electron chi connectivity index (χ0n) is 16.3. The van der Waals surface area contributed by atoms with E-state index in [-0.39, 0.29) is 11.7 Å². The number of nitrogens with zero attached hydrogens (tertiary/aromatic N) is 2. The van der Waals surface area contributed by atoms with Crippen LogP contribution >= 0.6 is 27.5 Å². The molecule has 0 aliphatic carbocycles. The number of halogens is 1. The van der Waals surface area contributed by atoms with Crippen LogP contribution in [0.1, 0.15) is 23.2 Å². The molecule has 0 unspecified atom stereocenters. The minimum Gasteiger partial charge on any atom is -0.448 e. The van der Waals surface area contributed by atoms with Gasteiger partial charge in [0.25, 0.3) is 0 Å². The van der Waals surface area contributed by atoms with Gasteiger partial charge in [0.05, 0.1) is 4.70 Å². The number of ether oxygens (including phenoxy) is 1. The van der Waals surface area contributed by atoms with Gasteiger partial charge in [-0.25, -0.2) is 4.79 Å². The first-order valence-corrected chi connectivity index (χ1v) is 11.5. The molecule has 1 amide bonds. The lowest BCUT2D eigenvalue weighted by atomic mass is 9.89. The van der Waals surface area contributed by atoms with E-state index < -0.39 is 6.09 Å². The number of hydrogen-bond acceptors (Lipinski definition) is 6. The van der Waals surface area contributed by atoms with Gasteiger partial charge in [0.1, 0.15) is 6.61 Å². The first kappa shape index (κ1) is 21.0. The summed E-state index contributed by atoms with van der Waals surface area (Å²) in [6.45, 7) is 2.65. The Bertz CT molecular complexity index is 1030. The van der Waals surface area contributed by atoms with E-state index in [0.717, 1.165) is 46.1 Å². The number of hydrogen-bond donors (Lipinski definition) is 1. The largest absolute Gasteiger partial charge is 0.448 e. The molecular formula is C22H22BrN3O3S. The molecule has 30 heavy (non-hydrogen) atoms. The van der Waals surface area contributed by atoms with Gasteiger partial charge < -0.3 is 4.74 Å². The van der Waals surface area contributed by atoms with Gasteiger partial charge in [-0.3, -0.25) is 15.0 Å². The topological polar surface area (TPSA) is 71.5 Å². The quantitative estimate of drug-likeness (QED) is 0.483. The van der Waals surface area contributed by atoms with Crippen molar-refractivity contribution in [3.8, 4) is 0 Å². The average Bonchev–Trinajstić information content (AvgIpc) is 3.22. The highest BCUT2D eigenvalue weighted by Crippen LogP contribution is 2.23. The van der Waals surface area contributed by atoms with E-state index in [2.05, 4.69) is 30.5 Å². The Balaban J connectivity index is 1.18. The number of carbonyl (C=O) groups excluding carboxylic acids is 2. The van der Waals surface area contributed by atoms with Crippen molar-refractivity contribution in [3.05, 3.63) is 58.7 Å². The molecule has 3 aromatic rings. The summed E-state index contributed by atoms with van der Waals surface area (Å²) in [5, 5.41) is 3.81. The zero-order valence-corrected chi connectivity index (χ0v) is 18.7. The van der Waals surface area contributed by atoms with E-state index in [1.165, 1.54) is 11.5 Å². The predicted molar refractivity (Wildman–Crippen MR) is 122 cm³/mol. The maximum Gasteiger partial charge on any atom is 0.411 e. The number of piperidine rings is 1. The molecule has 1 N–H and O–H groups in total. The molecule has 6 nitrogen and oxygen atoms in total. The number of aromatic nitrogens is 1. The van der Waals surface area contributed by atoms with Crippen LogP contribution in [0.4, 0.5) is 10.5 Å². The lowest BCUT2D eigenvalue weighted by Crippen LogP contribution is -2.38. The second-order valence-electron chi connectivity index (χ2n) is 7.33. The molecule has 0 atom stereocenters. The van der Waals surface area contributed by atoms with Gasteiger partial charge in [-0.2, -0.15) is 4.37 Å². The highest BCUT2D eigenvalue weighted by Gasteiger charge is 2.25. The van der Waals surface area contributed by atoms with Crippen molar-refractivity contribution >= 4 is 55.1 Å². The van der Waals surface area contributed by atoms with Crippen molar-refractivity contribution in [2.75, 3.05) is 31.6 Å². The zero-order chi connectivity index (χ0) is 20.9. The molecule has 1 aromatic heterocycles. The molecule has 2 aromatic carbocycles. The van der Waals surface area contributed by atoms with Crippen LogP contribution in [-0.2, 0) is 4.74 Å². The second-order valence-corrected chi connectivity index (χ2v) is 9.08. The molecule has 0 saturated carbocycles. The lowest BCUT2D eigenvalue weighted by Gasteiger charge is -2.31. The van der Waals surface area contributed by atoms with Crippen LogP contribution < -0.4 is 5.32 Å². The highest BCUT2D eigenvalue weighted by atomic mass is 79.9. The molecule has 1 saturated heterocycles. The van der Waals surface area contributed by atoms with E-state index in [1.807, 2.05) is 42.5 Å². The molecule has 2 heterocycles. The fraction of sp³-hybridized carbons (Fsp3) is 0.318. The smallest absolute Gasteiger partial charge is 0.411 e. The minimum absolute atomic E-state index is 0.0632. The Labute approximate surface area is 187 Å². The van der Waals surface area contributed by atoms with Crippen LogP contribution in [0.5, 0.6) is 0 Å². The van der Waals surface area contributed by atoms with E-state index in [0.29, 0.717) is 18.8 Å². The highest BCUT2D eigenvalue weighted by molar-refractivity contribution is 9.10. The normalized spacial score (nSPS) is 15.2. The molecule has 4 rings (SSSR count). The minimum atomic E-state index is -0.459. The van der Waals surface area contributed by atoms with Gasteiger partial charge in [-0.05, 0) is 67.8 Å². The van der Waals surface area contributed by atoms with Crippen molar-refractivity contribution in [1.82, 2.24) is 9.27 Å². The predicted octanol–water partition coefficient (Wildman–Crippen LogP) is 5.20. The summed E-state index contributed by atoms with van der Waals surface area (Å²) < 4.78 is 11.4. The third-order valence-corrected chi connectivity index (χ3v) is 6.62. The number of ketones is 1. The fourth-order valence-electron chi connectivity index (χ4n) is 3.63. The van der Waals surface area contributed by atoms with Gasteiger partial charge in [-0.1, -0.05) is 28.1 Å². The second kappa shape index (κ2) is 9.68. The first-order chi connectivity index (χ1) is 14.6. The van der Waals surface area contributed by atoms with Crippen molar-refractivity contribution in [1.29, 1.82) is 0 Å². The number of rotatable bonds is 6. The molecule has 1 aliphatic rings. The summed E-state index contributed by atoms with van der Waals surface area (Å²) in [7, 11) is 0. The molecule has 0 bridgehead atoms. The summed E-state index contributed by atoms with van der Waals surface area (Å²) in [5.74, 6) is 0.281. The summed E-state index contributed by atoms with van der Waals surface area (Å²) >= 11 is 4.79. The van der Waals surface area contributed by atoms with Gasteiger partial charge in [0.2, 0.25) is 0 Å². The van der Waals surface area contributed by atoms with E-state index >= 15 is 0 Å². The van der Waals surface area contributed by atoms with Crippen molar-refractivity contribution < 1.29 is 14.3 Å². The number of Topliss-reactive ketones (excluding diaryl/α,β-unsaturated/α-hetero) is 1. The van der Waals surface area contributed by atoms with Crippen molar-refractivity contribution in [2.24, 2.45) is 5.92 Å². The Morgan fingerprint density at radius 1 is 1.17 bits per heavy atom. The molecule has 1 aliphatic heterocycles. The van der Waals surface area contributed by atoms with Crippen LogP contribution in [0.2, 0.25) is 0 Å². The standard InChI is InChI=1S/C22H22BrN3O3S/c23-18-4-1-15(2-5-18)21(27)16-7-9-26(10-8-16)11-12-29-22(28)25-19-6-3-17-14-24-30-20(17)13-19/h1-6,13-14,16H,7-12H2,(H,25,28). The van der Waals surface area contributed by atoms with Gasteiger partial charge in [0, 0.05) is 39.8 Å². The van der Waals surface area contributed by atoms with E-state index in [4.69, 9.17) is 4.74 Å². The van der Waals surface area contributed by atoms with Crippen LogP contribution in [0.25, 0.3) is 10.1 Å². The summed E-state index contributed by atoms with van der Waals surface area (Å²) in [6, 6.07) is 13.2. The average molecular weight is 488 g/mol. The Morgan fingerprint density at radius 2 is 1.93 bits per heavy atom. The number of fused-ring (bicyclic) bond motifs is 1. The first-order valence-electron chi connectivity index (χ1n) is 9.89. The number of carbonyl (C=O) groups is 2. The number of likely N-dealkylation sites (tertiary alicyclic amines) is 1. The van der Waals surface area contributed by atoms with Crippen LogP contribution in [-0.4, -0.2) is 47.4 Å². The van der Waals surface area contributed by atoms with Gasteiger partial charge in [0.15, 0.2) is 5.78 Å². The monoisotopic (exact) mass is 487 g/mol. The number of benzene rings is 2. The molecule has 8 heteroatoms. The Kier molecular flexibility index (Phi) is 6.76. The Morgan fingerprint density at radius 3 is 2.70 bits per heavy atom. The van der Waals surface area contributed by atoms with Gasteiger partial charge >= 0.3 is 6.09 Å². The maximum absolute atomic E-state index is 12.6. The molecular weight excluding hydrogens is 466 g/mol. The third kappa shape index (κ3) is 5.24. The van der Waals surface area contributed by atoms with Crippen LogP contribution in [0.3, 0.4) is 0 Å². The summed E-state index contributed by atoms with van der Waals surface area (Å²) in [4.78, 5) is 26.9. The van der Waals surface area contributed by atoms with Crippen LogP contribution in [0.15, 0.2) is 53.1 Å². The maximum atomic E-state index is 12.6. The SMILES string of the molecule is O=C(Nc1ccc2cnsc2c1)OCCN1CCC(C(=O)c2ccc(Br)cc2)CC1. The van der Waals surface area contributed by atoms with E-state index in [9.17, 15) is 9.59 Å². The number of nitrogens with one attached hydrogen (secondary N) is 1. The summed E-state index contributed by atoms with van der Waals surface area (Å²) in [6.07, 6.45) is 3.00. The molecule has 156 valence electrons. The molecule has 1 fully saturated rings. The van der Waals surface area contributed by atoms with Crippen molar-refractivity contribution in [2.45, 2.75) is 12.8 Å². The number of anilines is 1. The lowest BCUT2D eigenvalue weighted by molar-refractivity contribution is 0.0813. The summed E-state index contributed by atoms with van der Waals surface area (Å²) in [5.41, 5.74) is 1.47. The van der Waals surface area contributed by atoms with E-state index in [1.54, 1.807) is 6.20 Å². The Hall–Kier alpha value is -2.29. The van der Waals surface area contributed by atoms with Crippen LogP contribution in [0, 0.1) is 5.92 Å². The van der Waals surface area contributed by atoms with Crippen molar-refractivity contribution in [3.63, 3.8) is 0 Å². The fourth-order valence-corrected chi connectivity index (χ4v) is 4.58. The van der Waals surface area contributed by atoms with Gasteiger partial charge in [-0.15, -0.1) is 0 Å².